The van der Waals surface area contributed by atoms with Crippen LogP contribution in [-0.2, 0) is 0 Å². The Labute approximate surface area is 140 Å². The standard InChI is InChI=1S/C22H40/c1-6-8-10-11-12-14-21-19(4)17-20(5)22(21)16-15-18(3)13-9-7-2/h7,11-12,18-22H,2,6,8-10,13-17H2,1,3-5H3. The van der Waals surface area contributed by atoms with Crippen LogP contribution in [0.4, 0.5) is 0 Å². The van der Waals surface area contributed by atoms with Gasteiger partial charge in [-0.2, -0.15) is 0 Å². The van der Waals surface area contributed by atoms with Gasteiger partial charge in [0.1, 0.15) is 0 Å². The third kappa shape index (κ3) is 6.71. The molecule has 0 heterocycles. The Morgan fingerprint density at radius 2 is 1.77 bits per heavy atom. The highest BCUT2D eigenvalue weighted by atomic mass is 14.4. The lowest BCUT2D eigenvalue weighted by Gasteiger charge is -2.25. The lowest BCUT2D eigenvalue weighted by atomic mass is 9.80. The fourth-order valence-corrected chi connectivity index (χ4v) is 4.40. The normalized spacial score (nSPS) is 30.0. The average Bonchev–Trinajstić information content (AvgIpc) is 2.76. The van der Waals surface area contributed by atoms with Crippen LogP contribution in [0.25, 0.3) is 0 Å². The summed E-state index contributed by atoms with van der Waals surface area (Å²) >= 11 is 0. The zero-order valence-electron chi connectivity index (χ0n) is 15.7. The first kappa shape index (κ1) is 19.5. The molecule has 0 radical (unpaired) electrons. The van der Waals surface area contributed by atoms with Crippen LogP contribution in [0.1, 0.15) is 85.5 Å². The van der Waals surface area contributed by atoms with Crippen molar-refractivity contribution in [3.63, 3.8) is 0 Å². The van der Waals surface area contributed by atoms with Crippen molar-refractivity contribution in [3.8, 4) is 0 Å². The number of allylic oxidation sites excluding steroid dienone is 3. The van der Waals surface area contributed by atoms with Gasteiger partial charge >= 0.3 is 0 Å². The van der Waals surface area contributed by atoms with Gasteiger partial charge in [-0.15, -0.1) is 6.58 Å². The molecule has 0 amide bonds. The largest absolute Gasteiger partial charge is 0.103 e. The summed E-state index contributed by atoms with van der Waals surface area (Å²) in [6, 6.07) is 0. The van der Waals surface area contributed by atoms with Crippen LogP contribution in [0, 0.1) is 29.6 Å². The van der Waals surface area contributed by atoms with Crippen molar-refractivity contribution >= 4 is 0 Å². The molecule has 5 unspecified atom stereocenters. The number of unbranched alkanes of at least 4 members (excludes halogenated alkanes) is 2. The third-order valence-corrected chi connectivity index (χ3v) is 5.91. The van der Waals surface area contributed by atoms with Gasteiger partial charge in [-0.3, -0.25) is 0 Å². The van der Waals surface area contributed by atoms with E-state index < -0.39 is 0 Å². The van der Waals surface area contributed by atoms with E-state index in [0.717, 1.165) is 29.6 Å². The number of rotatable bonds is 11. The van der Waals surface area contributed by atoms with Gasteiger partial charge in [-0.1, -0.05) is 65.2 Å². The number of hydrogen-bond acceptors (Lipinski definition) is 0. The molecule has 1 rings (SSSR count). The molecule has 0 bridgehead atoms. The smallest absolute Gasteiger partial charge is 0.0317 e. The van der Waals surface area contributed by atoms with Gasteiger partial charge in [-0.05, 0) is 68.1 Å². The first-order chi connectivity index (χ1) is 10.6. The molecule has 128 valence electrons. The molecule has 1 aliphatic carbocycles. The Kier molecular flexibility index (Phi) is 9.84. The van der Waals surface area contributed by atoms with Gasteiger partial charge in [0, 0.05) is 0 Å². The SMILES string of the molecule is C=CCCC(C)CCC1C(C)CC(C)C1CC=CCCCC. The number of hydrogen-bond donors (Lipinski definition) is 0. The minimum atomic E-state index is 0.863. The molecule has 5 atom stereocenters. The van der Waals surface area contributed by atoms with E-state index in [-0.39, 0.29) is 0 Å². The van der Waals surface area contributed by atoms with E-state index in [0.29, 0.717) is 0 Å². The Morgan fingerprint density at radius 3 is 2.45 bits per heavy atom. The molecule has 0 aromatic heterocycles. The minimum Gasteiger partial charge on any atom is -0.103 e. The molecule has 0 N–H and O–H groups in total. The summed E-state index contributed by atoms with van der Waals surface area (Å²) in [4.78, 5) is 0. The monoisotopic (exact) mass is 304 g/mol. The summed E-state index contributed by atoms with van der Waals surface area (Å²) in [5, 5.41) is 0. The second kappa shape index (κ2) is 11.1. The molecule has 1 saturated carbocycles. The van der Waals surface area contributed by atoms with Crippen molar-refractivity contribution in [2.75, 3.05) is 0 Å². The lowest BCUT2D eigenvalue weighted by Crippen LogP contribution is -2.16. The van der Waals surface area contributed by atoms with Gasteiger partial charge in [0.2, 0.25) is 0 Å². The van der Waals surface area contributed by atoms with Crippen LogP contribution in [0.15, 0.2) is 24.8 Å². The maximum atomic E-state index is 3.85. The molecule has 1 fully saturated rings. The topological polar surface area (TPSA) is 0 Å². The molecule has 1 aliphatic rings. The predicted molar refractivity (Wildman–Crippen MR) is 101 cm³/mol. The molecule has 0 heteroatoms. The summed E-state index contributed by atoms with van der Waals surface area (Å²) < 4.78 is 0. The van der Waals surface area contributed by atoms with Crippen LogP contribution in [0.3, 0.4) is 0 Å². The molecule has 0 spiro atoms. The average molecular weight is 305 g/mol. The van der Waals surface area contributed by atoms with E-state index in [1.54, 1.807) is 0 Å². The van der Waals surface area contributed by atoms with Crippen LogP contribution in [0.2, 0.25) is 0 Å². The highest BCUT2D eigenvalue weighted by Crippen LogP contribution is 2.46. The van der Waals surface area contributed by atoms with Crippen LogP contribution in [-0.4, -0.2) is 0 Å². The van der Waals surface area contributed by atoms with Crippen molar-refractivity contribution in [1.82, 2.24) is 0 Å². The molecule has 0 aromatic rings. The fourth-order valence-electron chi connectivity index (χ4n) is 4.40. The second-order valence-corrected chi connectivity index (χ2v) is 7.92. The quantitative estimate of drug-likeness (QED) is 0.275. The summed E-state index contributed by atoms with van der Waals surface area (Å²) in [7, 11) is 0. The maximum Gasteiger partial charge on any atom is -0.0317 e. The zero-order chi connectivity index (χ0) is 16.4. The molecule has 0 aromatic carbocycles. The zero-order valence-corrected chi connectivity index (χ0v) is 15.7. The van der Waals surface area contributed by atoms with Crippen LogP contribution in [0.5, 0.6) is 0 Å². The molecule has 0 aliphatic heterocycles. The fraction of sp³-hybridized carbons (Fsp3) is 0.818. The van der Waals surface area contributed by atoms with E-state index >= 15 is 0 Å². The van der Waals surface area contributed by atoms with Gasteiger partial charge in [0.25, 0.3) is 0 Å². The predicted octanol–water partition coefficient (Wildman–Crippen LogP) is 7.41. The summed E-state index contributed by atoms with van der Waals surface area (Å²) in [5.74, 6) is 4.59. The molecule has 0 saturated heterocycles. The second-order valence-electron chi connectivity index (χ2n) is 7.92. The van der Waals surface area contributed by atoms with E-state index in [4.69, 9.17) is 0 Å². The maximum absolute atomic E-state index is 3.85. The minimum absolute atomic E-state index is 0.863. The van der Waals surface area contributed by atoms with Crippen LogP contribution < -0.4 is 0 Å². The Balaban J connectivity index is 2.43. The van der Waals surface area contributed by atoms with Crippen molar-refractivity contribution in [2.45, 2.75) is 85.5 Å². The first-order valence-corrected chi connectivity index (χ1v) is 9.85. The highest BCUT2D eigenvalue weighted by molar-refractivity contribution is 4.93. The third-order valence-electron chi connectivity index (χ3n) is 5.91. The Morgan fingerprint density at radius 1 is 1.05 bits per heavy atom. The van der Waals surface area contributed by atoms with E-state index in [1.165, 1.54) is 57.8 Å². The lowest BCUT2D eigenvalue weighted by molar-refractivity contribution is 0.261. The molecule has 22 heavy (non-hydrogen) atoms. The molecule has 0 nitrogen and oxygen atoms in total. The van der Waals surface area contributed by atoms with Crippen LogP contribution >= 0.6 is 0 Å². The van der Waals surface area contributed by atoms with E-state index in [2.05, 4.69) is 52.5 Å². The van der Waals surface area contributed by atoms with Crippen molar-refractivity contribution < 1.29 is 0 Å². The molecular formula is C22H40. The van der Waals surface area contributed by atoms with E-state index in [9.17, 15) is 0 Å². The van der Waals surface area contributed by atoms with Gasteiger partial charge in [-0.25, -0.2) is 0 Å². The Bertz CT molecular complexity index is 314. The summed E-state index contributed by atoms with van der Waals surface area (Å²) in [6.45, 7) is 13.5. The van der Waals surface area contributed by atoms with Gasteiger partial charge in [0.15, 0.2) is 0 Å². The van der Waals surface area contributed by atoms with E-state index in [1.807, 2.05) is 0 Å². The van der Waals surface area contributed by atoms with Gasteiger partial charge in [0.05, 0.1) is 0 Å². The van der Waals surface area contributed by atoms with Crippen molar-refractivity contribution in [1.29, 1.82) is 0 Å². The summed E-state index contributed by atoms with van der Waals surface area (Å²) in [6.07, 6.45) is 19.0. The summed E-state index contributed by atoms with van der Waals surface area (Å²) in [5.41, 5.74) is 0. The highest BCUT2D eigenvalue weighted by Gasteiger charge is 2.37. The first-order valence-electron chi connectivity index (χ1n) is 9.85. The van der Waals surface area contributed by atoms with Gasteiger partial charge < -0.3 is 0 Å². The Hall–Kier alpha value is -0.520. The van der Waals surface area contributed by atoms with Crippen molar-refractivity contribution in [3.05, 3.63) is 24.8 Å². The van der Waals surface area contributed by atoms with Crippen molar-refractivity contribution in [2.24, 2.45) is 29.6 Å². The molecular weight excluding hydrogens is 264 g/mol.